The standard InChI is InChI=1S/C49H63N7O12/c1-7-49(63)38-24-40-43-36(25-56(40)46(60)37(38)27-67-47(49)61)34(35-10-8-9-11-39(35)53-43)16-18-55(30(4)5)48(62)68-26-32-12-14-33(15-13-32)52-44(58)31(6)51-45(59)42(29(2)3)54-41(57)28-66-23-22-65-21-20-64-19-17-50/h8-15,24,29-31,42,63H,7,16-23,25-28,50H2,1-6H3,(H,51,59)(H,52,58)(H,54,57)/t31-,42-,49-/m0/s1. The lowest BCUT2D eigenvalue weighted by molar-refractivity contribution is -0.172. The molecule has 0 bridgehead atoms. The number of hydrogen-bond donors (Lipinski definition) is 5. The van der Waals surface area contributed by atoms with Gasteiger partial charge in [0.2, 0.25) is 17.7 Å². The number of nitrogens with one attached hydrogen (secondary N) is 3. The summed E-state index contributed by atoms with van der Waals surface area (Å²) in [5.41, 5.74) is 8.20. The van der Waals surface area contributed by atoms with Gasteiger partial charge in [-0.05, 0) is 74.9 Å². The highest BCUT2D eigenvalue weighted by molar-refractivity contribution is 5.98. The predicted molar refractivity (Wildman–Crippen MR) is 251 cm³/mol. The van der Waals surface area contributed by atoms with Crippen molar-refractivity contribution >= 4 is 46.4 Å². The van der Waals surface area contributed by atoms with Crippen LogP contribution in [-0.2, 0) is 74.6 Å². The molecular formula is C49H63N7O12. The molecule has 2 aromatic carbocycles. The molecule has 0 radical (unpaired) electrons. The summed E-state index contributed by atoms with van der Waals surface area (Å²) in [4.78, 5) is 85.6. The first kappa shape index (κ1) is 51.1. The number of carbonyl (C=O) groups excluding carboxylic acids is 5. The van der Waals surface area contributed by atoms with E-state index < -0.39 is 47.5 Å². The van der Waals surface area contributed by atoms with Gasteiger partial charge in [0.25, 0.3) is 5.56 Å². The number of benzene rings is 2. The number of pyridine rings is 2. The highest BCUT2D eigenvalue weighted by Gasteiger charge is 2.45. The lowest BCUT2D eigenvalue weighted by Gasteiger charge is -2.31. The first-order chi connectivity index (χ1) is 32.6. The lowest BCUT2D eigenvalue weighted by Crippen LogP contribution is -2.54. The van der Waals surface area contributed by atoms with Gasteiger partial charge in [-0.2, -0.15) is 0 Å². The van der Waals surface area contributed by atoms with Crippen molar-refractivity contribution in [1.29, 1.82) is 0 Å². The molecule has 4 aromatic rings. The number of rotatable bonds is 23. The number of para-hydroxylation sites is 1. The Morgan fingerprint density at radius 2 is 1.60 bits per heavy atom. The average Bonchev–Trinajstić information content (AvgIpc) is 3.69. The third-order valence-electron chi connectivity index (χ3n) is 12.0. The molecule has 19 nitrogen and oxygen atoms in total. The van der Waals surface area contributed by atoms with E-state index in [-0.39, 0.29) is 74.6 Å². The van der Waals surface area contributed by atoms with E-state index in [2.05, 4.69) is 16.0 Å². The van der Waals surface area contributed by atoms with Crippen molar-refractivity contribution in [3.8, 4) is 11.4 Å². The molecule has 6 rings (SSSR count). The Morgan fingerprint density at radius 3 is 2.28 bits per heavy atom. The van der Waals surface area contributed by atoms with Crippen molar-refractivity contribution in [3.63, 3.8) is 0 Å². The molecule has 68 heavy (non-hydrogen) atoms. The summed E-state index contributed by atoms with van der Waals surface area (Å²) in [5, 5.41) is 20.3. The molecule has 0 saturated carbocycles. The third-order valence-corrected chi connectivity index (χ3v) is 12.0. The van der Waals surface area contributed by atoms with Gasteiger partial charge >= 0.3 is 12.1 Å². The van der Waals surface area contributed by atoms with Crippen LogP contribution < -0.4 is 27.2 Å². The SMILES string of the molecule is CC[C@@]1(O)C(=O)OCc2c1cc1n(c2=O)Cc2c-1nc1ccccc1c2CCN(C(=O)OCc1ccc(NC(=O)[C@H](C)NC(=O)[C@@H](NC(=O)COCCOCCOCCN)C(C)C)cc1)C(C)C. The molecule has 6 N–H and O–H groups in total. The summed E-state index contributed by atoms with van der Waals surface area (Å²) in [5.74, 6) is -2.55. The topological polar surface area (TPSA) is 252 Å². The molecule has 2 aliphatic rings. The maximum Gasteiger partial charge on any atom is 0.410 e. The van der Waals surface area contributed by atoms with Gasteiger partial charge < -0.3 is 59.9 Å². The van der Waals surface area contributed by atoms with Crippen molar-refractivity contribution in [1.82, 2.24) is 25.1 Å². The Balaban J connectivity index is 1.02. The first-order valence-corrected chi connectivity index (χ1v) is 23.0. The van der Waals surface area contributed by atoms with E-state index in [1.165, 1.54) is 6.92 Å². The van der Waals surface area contributed by atoms with Crippen LogP contribution in [0.25, 0.3) is 22.3 Å². The van der Waals surface area contributed by atoms with Gasteiger partial charge in [0.05, 0.1) is 62.0 Å². The van der Waals surface area contributed by atoms with Crippen LogP contribution in [-0.4, -0.2) is 120 Å². The second kappa shape index (κ2) is 23.2. The highest BCUT2D eigenvalue weighted by atomic mass is 16.6. The van der Waals surface area contributed by atoms with Crippen LogP contribution in [0.15, 0.2) is 59.4 Å². The molecule has 0 fully saturated rings. The molecule has 4 heterocycles. The Labute approximate surface area is 395 Å². The fourth-order valence-corrected chi connectivity index (χ4v) is 8.16. The molecule has 2 aliphatic heterocycles. The van der Waals surface area contributed by atoms with Crippen molar-refractivity contribution in [2.45, 2.75) is 97.9 Å². The van der Waals surface area contributed by atoms with E-state index in [9.17, 15) is 33.9 Å². The number of aliphatic hydroxyl groups is 1. The van der Waals surface area contributed by atoms with E-state index in [4.69, 9.17) is 34.4 Å². The Hall–Kier alpha value is -6.25. The molecule has 366 valence electrons. The van der Waals surface area contributed by atoms with Crippen LogP contribution in [0.3, 0.4) is 0 Å². The lowest BCUT2D eigenvalue weighted by atomic mass is 9.86. The Morgan fingerprint density at radius 1 is 0.912 bits per heavy atom. The van der Waals surface area contributed by atoms with Crippen LogP contribution in [0, 0.1) is 5.92 Å². The van der Waals surface area contributed by atoms with E-state index in [0.717, 1.165) is 16.5 Å². The van der Waals surface area contributed by atoms with Crippen LogP contribution >= 0.6 is 0 Å². The predicted octanol–water partition coefficient (Wildman–Crippen LogP) is 3.26. The van der Waals surface area contributed by atoms with Crippen molar-refractivity contribution in [2.24, 2.45) is 11.7 Å². The Bertz CT molecular complexity index is 2530. The fraction of sp³-hybridized carbons (Fsp3) is 0.490. The second-order valence-corrected chi connectivity index (χ2v) is 17.4. The number of ether oxygens (including phenoxy) is 5. The maximum absolute atomic E-state index is 13.9. The summed E-state index contributed by atoms with van der Waals surface area (Å²) in [7, 11) is 0. The number of hydrogen-bond acceptors (Lipinski definition) is 14. The zero-order valence-electron chi connectivity index (χ0n) is 39.6. The van der Waals surface area contributed by atoms with Crippen molar-refractivity contribution < 1.29 is 52.8 Å². The van der Waals surface area contributed by atoms with Crippen molar-refractivity contribution in [3.05, 3.63) is 92.8 Å². The van der Waals surface area contributed by atoms with Crippen molar-refractivity contribution in [2.75, 3.05) is 58.0 Å². The quantitative estimate of drug-likeness (QED) is 0.0466. The minimum Gasteiger partial charge on any atom is -0.458 e. The number of esters is 1. The molecule has 4 amide bonds. The minimum absolute atomic E-state index is 0.0340. The number of nitrogens with two attached hydrogens (primary N) is 1. The smallest absolute Gasteiger partial charge is 0.410 e. The number of carbonyl (C=O) groups is 5. The van der Waals surface area contributed by atoms with Crippen LogP contribution in [0.1, 0.15) is 75.8 Å². The van der Waals surface area contributed by atoms with Gasteiger partial charge in [0, 0.05) is 41.3 Å². The van der Waals surface area contributed by atoms with Gasteiger partial charge in [-0.3, -0.25) is 19.2 Å². The maximum atomic E-state index is 13.9. The van der Waals surface area contributed by atoms with E-state index in [0.29, 0.717) is 67.5 Å². The average molecular weight is 942 g/mol. The second-order valence-electron chi connectivity index (χ2n) is 17.4. The molecular weight excluding hydrogens is 879 g/mol. The van der Waals surface area contributed by atoms with Crippen LogP contribution in [0.2, 0.25) is 0 Å². The summed E-state index contributed by atoms with van der Waals surface area (Å²) in [6, 6.07) is 14.0. The number of aromatic nitrogens is 2. The Kier molecular flexibility index (Phi) is 17.4. The summed E-state index contributed by atoms with van der Waals surface area (Å²) < 4.78 is 28.6. The van der Waals surface area contributed by atoms with Gasteiger partial charge in [-0.1, -0.05) is 51.1 Å². The van der Waals surface area contributed by atoms with Crippen LogP contribution in [0.5, 0.6) is 0 Å². The van der Waals surface area contributed by atoms with Crippen LogP contribution in [0.4, 0.5) is 10.5 Å². The van der Waals surface area contributed by atoms with E-state index in [1.54, 1.807) is 60.6 Å². The molecule has 0 unspecified atom stereocenters. The molecule has 19 heteroatoms. The van der Waals surface area contributed by atoms with Gasteiger partial charge in [0.1, 0.15) is 31.9 Å². The highest BCUT2D eigenvalue weighted by Crippen LogP contribution is 2.40. The van der Waals surface area contributed by atoms with E-state index >= 15 is 0 Å². The summed E-state index contributed by atoms with van der Waals surface area (Å²) >= 11 is 0. The van der Waals surface area contributed by atoms with Gasteiger partial charge in [-0.25, -0.2) is 14.6 Å². The summed E-state index contributed by atoms with van der Waals surface area (Å²) in [6.45, 7) is 12.6. The monoisotopic (exact) mass is 941 g/mol. The summed E-state index contributed by atoms with van der Waals surface area (Å²) in [6.07, 6.45) is -0.0745. The largest absolute Gasteiger partial charge is 0.458 e. The number of cyclic esters (lactones) is 1. The molecule has 2 aromatic heterocycles. The molecule has 0 spiro atoms. The normalized spacial score (nSPS) is 15.8. The number of anilines is 1. The minimum atomic E-state index is -1.95. The van der Waals surface area contributed by atoms with Gasteiger partial charge in [0.15, 0.2) is 5.60 Å². The van der Waals surface area contributed by atoms with E-state index in [1.807, 2.05) is 38.1 Å². The first-order valence-electron chi connectivity index (χ1n) is 23.0. The number of fused-ring (bicyclic) bond motifs is 5. The molecule has 3 atom stereocenters. The van der Waals surface area contributed by atoms with Gasteiger partial charge in [-0.15, -0.1) is 0 Å². The fourth-order valence-electron chi connectivity index (χ4n) is 8.16. The molecule has 0 aliphatic carbocycles. The number of nitrogens with zero attached hydrogens (tertiary/aromatic N) is 3. The zero-order chi connectivity index (χ0) is 49.1. The third kappa shape index (κ3) is 11.9. The zero-order valence-corrected chi connectivity index (χ0v) is 39.6. The molecule has 0 saturated heterocycles. The number of amides is 4.